The lowest BCUT2D eigenvalue weighted by atomic mass is 10.1. The molecule has 0 aliphatic rings. The van der Waals surface area contributed by atoms with Crippen molar-refractivity contribution in [2.45, 2.75) is 0 Å². The first-order chi connectivity index (χ1) is 7.68. The standard InChI is InChI=1S/C12H8FNO2/c13-10-3-1-2-9-8(10)6-7-14-11(9)4-5-12(15)16/h1-7H,(H,15,16)/b5-4+. The first kappa shape index (κ1) is 10.3. The first-order valence-corrected chi connectivity index (χ1v) is 4.63. The Hall–Kier alpha value is -2.23. The normalized spacial score (nSPS) is 11.1. The Morgan fingerprint density at radius 3 is 2.88 bits per heavy atom. The quantitative estimate of drug-likeness (QED) is 0.786. The highest BCUT2D eigenvalue weighted by Crippen LogP contribution is 2.20. The van der Waals surface area contributed by atoms with Gasteiger partial charge in [-0.2, -0.15) is 0 Å². The molecule has 0 aliphatic carbocycles. The molecule has 0 saturated carbocycles. The van der Waals surface area contributed by atoms with Gasteiger partial charge in [0, 0.05) is 23.0 Å². The summed E-state index contributed by atoms with van der Waals surface area (Å²) in [7, 11) is 0. The van der Waals surface area contributed by atoms with Crippen molar-refractivity contribution in [2.24, 2.45) is 0 Å². The van der Waals surface area contributed by atoms with E-state index >= 15 is 0 Å². The number of aliphatic carboxylic acids is 1. The summed E-state index contributed by atoms with van der Waals surface area (Å²) in [4.78, 5) is 14.4. The maximum Gasteiger partial charge on any atom is 0.328 e. The Morgan fingerprint density at radius 1 is 1.31 bits per heavy atom. The van der Waals surface area contributed by atoms with Gasteiger partial charge in [0.05, 0.1) is 5.69 Å². The molecular formula is C12H8FNO2. The van der Waals surface area contributed by atoms with Crippen LogP contribution in [0.15, 0.2) is 36.5 Å². The number of halogens is 1. The van der Waals surface area contributed by atoms with Crippen LogP contribution in [0, 0.1) is 5.82 Å². The van der Waals surface area contributed by atoms with Crippen LogP contribution in [0.5, 0.6) is 0 Å². The van der Waals surface area contributed by atoms with Gasteiger partial charge in [-0.25, -0.2) is 9.18 Å². The Labute approximate surface area is 90.9 Å². The second kappa shape index (κ2) is 4.10. The van der Waals surface area contributed by atoms with E-state index in [9.17, 15) is 9.18 Å². The Bertz CT molecular complexity index is 578. The number of nitrogens with zero attached hydrogens (tertiary/aromatic N) is 1. The summed E-state index contributed by atoms with van der Waals surface area (Å²) in [5, 5.41) is 9.54. The van der Waals surface area contributed by atoms with Crippen LogP contribution in [0.4, 0.5) is 4.39 Å². The van der Waals surface area contributed by atoms with Gasteiger partial charge in [-0.1, -0.05) is 12.1 Å². The van der Waals surface area contributed by atoms with E-state index in [2.05, 4.69) is 4.98 Å². The van der Waals surface area contributed by atoms with Crippen LogP contribution >= 0.6 is 0 Å². The van der Waals surface area contributed by atoms with E-state index in [-0.39, 0.29) is 5.82 Å². The molecule has 1 N–H and O–H groups in total. The molecular weight excluding hydrogens is 209 g/mol. The van der Waals surface area contributed by atoms with E-state index in [4.69, 9.17) is 5.11 Å². The van der Waals surface area contributed by atoms with Crippen molar-refractivity contribution in [3.63, 3.8) is 0 Å². The smallest absolute Gasteiger partial charge is 0.328 e. The fourth-order valence-electron chi connectivity index (χ4n) is 1.47. The molecule has 16 heavy (non-hydrogen) atoms. The molecule has 4 heteroatoms. The summed E-state index contributed by atoms with van der Waals surface area (Å²) in [5.74, 6) is -1.40. The van der Waals surface area contributed by atoms with Gasteiger partial charge in [0.1, 0.15) is 5.82 Å². The molecule has 2 aromatic rings. The zero-order valence-electron chi connectivity index (χ0n) is 8.22. The van der Waals surface area contributed by atoms with E-state index in [0.29, 0.717) is 16.5 Å². The average Bonchev–Trinajstić information content (AvgIpc) is 2.27. The molecule has 3 nitrogen and oxygen atoms in total. The summed E-state index contributed by atoms with van der Waals surface area (Å²) in [6, 6.07) is 6.18. The van der Waals surface area contributed by atoms with Gasteiger partial charge in [-0.15, -0.1) is 0 Å². The van der Waals surface area contributed by atoms with Gasteiger partial charge in [-0.3, -0.25) is 4.98 Å². The van der Waals surface area contributed by atoms with E-state index in [1.54, 1.807) is 18.2 Å². The third-order valence-electron chi connectivity index (χ3n) is 2.17. The maximum absolute atomic E-state index is 13.4. The number of rotatable bonds is 2. The average molecular weight is 217 g/mol. The third-order valence-corrected chi connectivity index (χ3v) is 2.17. The van der Waals surface area contributed by atoms with Gasteiger partial charge in [-0.05, 0) is 18.2 Å². The molecule has 0 bridgehead atoms. The number of carboxylic acids is 1. The largest absolute Gasteiger partial charge is 0.478 e. The van der Waals surface area contributed by atoms with Crippen LogP contribution in [-0.4, -0.2) is 16.1 Å². The lowest BCUT2D eigenvalue weighted by Crippen LogP contribution is -1.89. The second-order valence-corrected chi connectivity index (χ2v) is 3.20. The molecule has 0 amide bonds. The highest BCUT2D eigenvalue weighted by molar-refractivity contribution is 5.93. The lowest BCUT2D eigenvalue weighted by Gasteiger charge is -2.01. The number of pyridine rings is 1. The van der Waals surface area contributed by atoms with Crippen LogP contribution in [0.1, 0.15) is 5.69 Å². The summed E-state index contributed by atoms with van der Waals surface area (Å²) in [6.45, 7) is 0. The molecule has 1 aromatic carbocycles. The first-order valence-electron chi connectivity index (χ1n) is 4.63. The molecule has 1 aromatic heterocycles. The zero-order valence-corrected chi connectivity index (χ0v) is 8.22. The van der Waals surface area contributed by atoms with Crippen LogP contribution < -0.4 is 0 Å². The molecule has 0 radical (unpaired) electrons. The van der Waals surface area contributed by atoms with Gasteiger partial charge in [0.15, 0.2) is 0 Å². The van der Waals surface area contributed by atoms with E-state index in [1.165, 1.54) is 18.3 Å². The van der Waals surface area contributed by atoms with Crippen molar-refractivity contribution in [2.75, 3.05) is 0 Å². The molecule has 0 fully saturated rings. The van der Waals surface area contributed by atoms with E-state index < -0.39 is 5.97 Å². The van der Waals surface area contributed by atoms with Gasteiger partial charge in [0.2, 0.25) is 0 Å². The minimum atomic E-state index is -1.06. The number of carbonyl (C=O) groups is 1. The molecule has 0 aliphatic heterocycles. The number of benzene rings is 1. The summed E-state index contributed by atoms with van der Waals surface area (Å²) < 4.78 is 13.4. The molecule has 0 unspecified atom stereocenters. The number of carboxylic acid groups (broad SMARTS) is 1. The third kappa shape index (κ3) is 1.91. The monoisotopic (exact) mass is 217 g/mol. The zero-order chi connectivity index (χ0) is 11.5. The molecule has 0 spiro atoms. The highest BCUT2D eigenvalue weighted by atomic mass is 19.1. The van der Waals surface area contributed by atoms with Crippen molar-refractivity contribution in [1.82, 2.24) is 4.98 Å². The molecule has 80 valence electrons. The fourth-order valence-corrected chi connectivity index (χ4v) is 1.47. The molecule has 0 saturated heterocycles. The predicted molar refractivity (Wildman–Crippen MR) is 58.4 cm³/mol. The van der Waals surface area contributed by atoms with Crippen molar-refractivity contribution in [3.05, 3.63) is 48.0 Å². The van der Waals surface area contributed by atoms with E-state index in [1.807, 2.05) is 0 Å². The highest BCUT2D eigenvalue weighted by Gasteiger charge is 2.03. The Balaban J connectivity index is 2.63. The summed E-state index contributed by atoms with van der Waals surface area (Å²) in [6.07, 6.45) is 3.78. The fraction of sp³-hybridized carbons (Fsp3) is 0. The number of hydrogen-bond acceptors (Lipinski definition) is 2. The molecule has 1 heterocycles. The summed E-state index contributed by atoms with van der Waals surface area (Å²) >= 11 is 0. The lowest BCUT2D eigenvalue weighted by molar-refractivity contribution is -0.131. The topological polar surface area (TPSA) is 50.2 Å². The van der Waals surface area contributed by atoms with Crippen molar-refractivity contribution >= 4 is 22.8 Å². The Kier molecular flexibility index (Phi) is 2.64. The molecule has 2 rings (SSSR count). The van der Waals surface area contributed by atoms with Crippen LogP contribution in [0.25, 0.3) is 16.8 Å². The minimum absolute atomic E-state index is 0.343. The van der Waals surface area contributed by atoms with Crippen LogP contribution in [-0.2, 0) is 4.79 Å². The van der Waals surface area contributed by atoms with Crippen LogP contribution in [0.2, 0.25) is 0 Å². The summed E-state index contributed by atoms with van der Waals surface area (Å²) in [5.41, 5.74) is 0.444. The number of aromatic nitrogens is 1. The molecule has 0 atom stereocenters. The van der Waals surface area contributed by atoms with Crippen molar-refractivity contribution in [1.29, 1.82) is 0 Å². The van der Waals surface area contributed by atoms with E-state index in [0.717, 1.165) is 6.08 Å². The number of fused-ring (bicyclic) bond motifs is 1. The predicted octanol–water partition coefficient (Wildman–Crippen LogP) is 2.47. The van der Waals surface area contributed by atoms with Gasteiger partial charge < -0.3 is 5.11 Å². The SMILES string of the molecule is O=C(O)/C=C/c1nccc2c(F)cccc12. The van der Waals surface area contributed by atoms with Gasteiger partial charge >= 0.3 is 5.97 Å². The number of hydrogen-bond donors (Lipinski definition) is 1. The van der Waals surface area contributed by atoms with Crippen molar-refractivity contribution < 1.29 is 14.3 Å². The Morgan fingerprint density at radius 2 is 2.12 bits per heavy atom. The second-order valence-electron chi connectivity index (χ2n) is 3.20. The minimum Gasteiger partial charge on any atom is -0.478 e. The van der Waals surface area contributed by atoms with Crippen LogP contribution in [0.3, 0.4) is 0 Å². The van der Waals surface area contributed by atoms with Gasteiger partial charge in [0.25, 0.3) is 0 Å². The van der Waals surface area contributed by atoms with Crippen molar-refractivity contribution in [3.8, 4) is 0 Å². The maximum atomic E-state index is 13.4.